The first-order chi connectivity index (χ1) is 4.29. The largest absolute Gasteiger partial charge is 0.385 e. The molecule has 9 heavy (non-hydrogen) atoms. The summed E-state index contributed by atoms with van der Waals surface area (Å²) < 4.78 is 0. The highest BCUT2D eigenvalue weighted by Crippen LogP contribution is 2.03. The molecule has 0 aromatic carbocycles. The fourth-order valence-corrected chi connectivity index (χ4v) is 0.766. The molecule has 1 aliphatic rings. The lowest BCUT2D eigenvalue weighted by molar-refractivity contribution is 0.271. The molecule has 0 aliphatic heterocycles. The van der Waals surface area contributed by atoms with E-state index in [9.17, 15) is 0 Å². The van der Waals surface area contributed by atoms with Crippen LogP contribution in [-0.2, 0) is 0 Å². The molecule has 0 bridgehead atoms. The summed E-state index contributed by atoms with van der Waals surface area (Å²) in [5.41, 5.74) is 1.10. The number of rotatable bonds is 0. The summed E-state index contributed by atoms with van der Waals surface area (Å²) in [6.07, 6.45) is 8.87. The van der Waals surface area contributed by atoms with E-state index < -0.39 is 6.10 Å². The molecule has 0 heterocycles. The van der Waals surface area contributed by atoms with Crippen LogP contribution in [0.15, 0.2) is 36.0 Å². The average molecular weight is 122 g/mol. The second-order valence-corrected chi connectivity index (χ2v) is 2.15. The Hall–Kier alpha value is -0.820. The molecular formula is C8H10O. The number of hydrogen-bond acceptors (Lipinski definition) is 1. The Morgan fingerprint density at radius 3 is 3.00 bits per heavy atom. The van der Waals surface area contributed by atoms with Crippen LogP contribution in [0, 0.1) is 0 Å². The van der Waals surface area contributed by atoms with Crippen molar-refractivity contribution in [2.24, 2.45) is 0 Å². The first-order valence-corrected chi connectivity index (χ1v) is 3.00. The van der Waals surface area contributed by atoms with Crippen molar-refractivity contribution < 1.29 is 5.11 Å². The first kappa shape index (κ1) is 6.30. The van der Waals surface area contributed by atoms with Crippen LogP contribution in [0.3, 0.4) is 0 Å². The summed E-state index contributed by atoms with van der Waals surface area (Å²) in [5, 5.41) is 9.06. The van der Waals surface area contributed by atoms with Crippen LogP contribution in [-0.4, -0.2) is 11.2 Å². The Morgan fingerprint density at radius 1 is 1.44 bits per heavy atom. The molecule has 1 rings (SSSR count). The molecule has 1 aliphatic carbocycles. The summed E-state index contributed by atoms with van der Waals surface area (Å²) in [6, 6.07) is 0. The minimum absolute atomic E-state index is 0.403. The highest BCUT2D eigenvalue weighted by molar-refractivity contribution is 5.27. The van der Waals surface area contributed by atoms with Gasteiger partial charge >= 0.3 is 0 Å². The van der Waals surface area contributed by atoms with Crippen molar-refractivity contribution >= 4 is 0 Å². The summed E-state index contributed by atoms with van der Waals surface area (Å²) >= 11 is 0. The molecule has 0 saturated heterocycles. The van der Waals surface area contributed by atoms with E-state index in [1.54, 1.807) is 12.2 Å². The molecule has 0 amide bonds. The number of aliphatic hydroxyl groups excluding tert-OH is 1. The van der Waals surface area contributed by atoms with Gasteiger partial charge in [0.25, 0.3) is 0 Å². The van der Waals surface area contributed by atoms with Gasteiger partial charge in [-0.25, -0.2) is 0 Å². The van der Waals surface area contributed by atoms with E-state index in [1.165, 1.54) is 0 Å². The van der Waals surface area contributed by atoms with Crippen LogP contribution in [0.5, 0.6) is 0 Å². The maximum atomic E-state index is 9.06. The van der Waals surface area contributed by atoms with Gasteiger partial charge in [-0.1, -0.05) is 29.9 Å². The predicted octanol–water partition coefficient (Wildman–Crippen LogP) is 1.42. The molecular weight excluding hydrogens is 112 g/mol. The van der Waals surface area contributed by atoms with Gasteiger partial charge in [0.05, 0.1) is 6.10 Å². The van der Waals surface area contributed by atoms with Crippen LogP contribution in [0.4, 0.5) is 0 Å². The molecule has 0 fully saturated rings. The Balaban J connectivity index is 2.77. The normalized spacial score (nSPS) is 25.6. The van der Waals surface area contributed by atoms with E-state index in [-0.39, 0.29) is 0 Å². The Bertz CT molecular complexity index is 175. The standard InChI is InChI=1S/C8H10O/c1-7-4-2-3-5-8(9)6-7/h2-6,8-9H,1H3. The van der Waals surface area contributed by atoms with E-state index in [0.29, 0.717) is 0 Å². The maximum absolute atomic E-state index is 9.06. The van der Waals surface area contributed by atoms with E-state index in [4.69, 9.17) is 5.11 Å². The molecule has 1 unspecified atom stereocenters. The van der Waals surface area contributed by atoms with Crippen molar-refractivity contribution in [1.82, 2.24) is 0 Å². The van der Waals surface area contributed by atoms with Crippen LogP contribution in [0.2, 0.25) is 0 Å². The molecule has 1 N–H and O–H groups in total. The second-order valence-electron chi connectivity index (χ2n) is 2.15. The van der Waals surface area contributed by atoms with Crippen molar-refractivity contribution in [2.75, 3.05) is 0 Å². The van der Waals surface area contributed by atoms with E-state index in [1.807, 2.05) is 25.2 Å². The minimum Gasteiger partial charge on any atom is -0.385 e. The third-order valence-electron chi connectivity index (χ3n) is 1.21. The van der Waals surface area contributed by atoms with Gasteiger partial charge in [0, 0.05) is 0 Å². The van der Waals surface area contributed by atoms with Gasteiger partial charge in [0.2, 0.25) is 0 Å². The average Bonchev–Trinajstić information content (AvgIpc) is 1.93. The summed E-state index contributed by atoms with van der Waals surface area (Å²) in [5.74, 6) is 0. The van der Waals surface area contributed by atoms with Gasteiger partial charge in [-0.3, -0.25) is 0 Å². The zero-order valence-electron chi connectivity index (χ0n) is 5.41. The van der Waals surface area contributed by atoms with Gasteiger partial charge in [0.15, 0.2) is 0 Å². The monoisotopic (exact) mass is 122 g/mol. The smallest absolute Gasteiger partial charge is 0.0911 e. The summed E-state index contributed by atoms with van der Waals surface area (Å²) in [7, 11) is 0. The Morgan fingerprint density at radius 2 is 2.22 bits per heavy atom. The lowest BCUT2D eigenvalue weighted by Crippen LogP contribution is -1.95. The van der Waals surface area contributed by atoms with Crippen molar-refractivity contribution in [3.8, 4) is 0 Å². The molecule has 48 valence electrons. The second kappa shape index (κ2) is 2.65. The van der Waals surface area contributed by atoms with Gasteiger partial charge in [-0.05, 0) is 13.0 Å². The van der Waals surface area contributed by atoms with Crippen LogP contribution >= 0.6 is 0 Å². The highest BCUT2D eigenvalue weighted by Gasteiger charge is 1.93. The topological polar surface area (TPSA) is 20.2 Å². The molecule has 1 nitrogen and oxygen atoms in total. The van der Waals surface area contributed by atoms with Gasteiger partial charge in [-0.2, -0.15) is 0 Å². The highest BCUT2D eigenvalue weighted by atomic mass is 16.3. The number of aliphatic hydroxyl groups is 1. The molecule has 1 atom stereocenters. The Labute approximate surface area is 55.0 Å². The van der Waals surface area contributed by atoms with Crippen LogP contribution in [0.25, 0.3) is 0 Å². The maximum Gasteiger partial charge on any atom is 0.0911 e. The first-order valence-electron chi connectivity index (χ1n) is 3.00. The van der Waals surface area contributed by atoms with Gasteiger partial charge in [0.1, 0.15) is 0 Å². The van der Waals surface area contributed by atoms with Gasteiger partial charge in [-0.15, -0.1) is 0 Å². The Kier molecular flexibility index (Phi) is 1.85. The van der Waals surface area contributed by atoms with E-state index >= 15 is 0 Å². The fourth-order valence-electron chi connectivity index (χ4n) is 0.766. The van der Waals surface area contributed by atoms with E-state index in [2.05, 4.69) is 0 Å². The third kappa shape index (κ3) is 1.86. The minimum atomic E-state index is -0.403. The molecule has 1 heteroatoms. The van der Waals surface area contributed by atoms with Crippen molar-refractivity contribution in [1.29, 1.82) is 0 Å². The van der Waals surface area contributed by atoms with Crippen LogP contribution in [0.1, 0.15) is 6.92 Å². The summed E-state index contributed by atoms with van der Waals surface area (Å²) in [4.78, 5) is 0. The lowest BCUT2D eigenvalue weighted by Gasteiger charge is -1.94. The zero-order chi connectivity index (χ0) is 6.69. The lowest BCUT2D eigenvalue weighted by atomic mass is 10.2. The van der Waals surface area contributed by atoms with Crippen molar-refractivity contribution in [3.05, 3.63) is 36.0 Å². The molecule has 0 radical (unpaired) electrons. The van der Waals surface area contributed by atoms with Crippen molar-refractivity contribution in [3.63, 3.8) is 0 Å². The van der Waals surface area contributed by atoms with E-state index in [0.717, 1.165) is 5.57 Å². The van der Waals surface area contributed by atoms with Gasteiger partial charge < -0.3 is 5.11 Å². The molecule has 0 aromatic rings. The number of allylic oxidation sites excluding steroid dienone is 4. The SMILES string of the molecule is CC1=CC(O)C=CC=C1. The van der Waals surface area contributed by atoms with Crippen LogP contribution < -0.4 is 0 Å². The molecule has 0 saturated carbocycles. The number of hydrogen-bond donors (Lipinski definition) is 1. The molecule has 0 aromatic heterocycles. The molecule has 0 spiro atoms. The summed E-state index contributed by atoms with van der Waals surface area (Å²) in [6.45, 7) is 1.96. The predicted molar refractivity (Wildman–Crippen MR) is 38.0 cm³/mol. The zero-order valence-corrected chi connectivity index (χ0v) is 5.41. The quantitative estimate of drug-likeness (QED) is 0.515. The fraction of sp³-hybridized carbons (Fsp3) is 0.250. The van der Waals surface area contributed by atoms with Crippen molar-refractivity contribution in [2.45, 2.75) is 13.0 Å². The third-order valence-corrected chi connectivity index (χ3v) is 1.21.